The van der Waals surface area contributed by atoms with Gasteiger partial charge in [-0.1, -0.05) is 30.3 Å². The molecule has 3 amide bonds. The quantitative estimate of drug-likeness (QED) is 0.744. The molecule has 0 spiro atoms. The van der Waals surface area contributed by atoms with E-state index in [1.807, 2.05) is 35.2 Å². The molecule has 0 atom stereocenters. The molecule has 0 radical (unpaired) electrons. The van der Waals surface area contributed by atoms with Crippen LogP contribution in [0.4, 0.5) is 5.69 Å². The molecule has 1 fully saturated rings. The zero-order chi connectivity index (χ0) is 21.8. The summed E-state index contributed by atoms with van der Waals surface area (Å²) >= 11 is 0. The van der Waals surface area contributed by atoms with Crippen molar-refractivity contribution in [2.75, 3.05) is 38.2 Å². The number of hydrogen-bond donors (Lipinski definition) is 0. The summed E-state index contributed by atoms with van der Waals surface area (Å²) in [6.07, 6.45) is 3.15. The van der Waals surface area contributed by atoms with Crippen molar-refractivity contribution in [2.24, 2.45) is 0 Å². The Morgan fingerprint density at radius 2 is 1.77 bits per heavy atom. The van der Waals surface area contributed by atoms with E-state index in [0.29, 0.717) is 23.5 Å². The number of likely N-dealkylation sites (N-methyl/N-ethyl adjacent to an activating group) is 1. The van der Waals surface area contributed by atoms with E-state index in [-0.39, 0.29) is 30.9 Å². The molecule has 0 aromatic heterocycles. The van der Waals surface area contributed by atoms with Gasteiger partial charge in [-0.2, -0.15) is 0 Å². The maximum atomic E-state index is 12.9. The average Bonchev–Trinajstić information content (AvgIpc) is 2.81. The third-order valence-corrected chi connectivity index (χ3v) is 5.77. The average molecular weight is 421 g/mol. The summed E-state index contributed by atoms with van der Waals surface area (Å²) in [7, 11) is 1.72. The smallest absolute Gasteiger partial charge is 0.265 e. The first-order valence-electron chi connectivity index (χ1n) is 10.7. The van der Waals surface area contributed by atoms with Crippen LogP contribution in [0.25, 0.3) is 0 Å². The zero-order valence-corrected chi connectivity index (χ0v) is 17.8. The maximum absolute atomic E-state index is 12.9. The normalized spacial score (nSPS) is 15.8. The van der Waals surface area contributed by atoms with Crippen molar-refractivity contribution in [1.82, 2.24) is 9.80 Å². The highest BCUT2D eigenvalue weighted by atomic mass is 16.5. The lowest BCUT2D eigenvalue weighted by molar-refractivity contribution is -0.131. The minimum Gasteiger partial charge on any atom is -0.482 e. The molecule has 0 saturated carbocycles. The standard InChI is InChI=1S/C24H27N3O4/c1-25(15-18-8-4-2-5-9-18)22(28)16-27-20-14-19(10-11-21(20)31-17-23(27)29)24(30)26-12-6-3-7-13-26/h2,4-5,8-11,14H,3,6-7,12-13,15-17H2,1H3. The highest BCUT2D eigenvalue weighted by Gasteiger charge is 2.30. The monoisotopic (exact) mass is 421 g/mol. The van der Waals surface area contributed by atoms with Crippen LogP contribution in [0.3, 0.4) is 0 Å². The largest absolute Gasteiger partial charge is 0.482 e. The maximum Gasteiger partial charge on any atom is 0.265 e. The number of rotatable bonds is 5. The molecule has 4 rings (SSSR count). The molecule has 0 aliphatic carbocycles. The fraction of sp³-hybridized carbons (Fsp3) is 0.375. The third kappa shape index (κ3) is 4.71. The summed E-state index contributed by atoms with van der Waals surface area (Å²) in [4.78, 5) is 43.2. The second-order valence-electron chi connectivity index (χ2n) is 8.04. The zero-order valence-electron chi connectivity index (χ0n) is 17.8. The van der Waals surface area contributed by atoms with E-state index in [1.54, 1.807) is 30.1 Å². The van der Waals surface area contributed by atoms with Crippen LogP contribution in [0.2, 0.25) is 0 Å². The van der Waals surface area contributed by atoms with Gasteiger partial charge in [-0.25, -0.2) is 0 Å². The molecule has 1 saturated heterocycles. The van der Waals surface area contributed by atoms with E-state index in [1.165, 1.54) is 4.90 Å². The molecule has 2 aromatic carbocycles. The van der Waals surface area contributed by atoms with E-state index in [9.17, 15) is 14.4 Å². The van der Waals surface area contributed by atoms with E-state index >= 15 is 0 Å². The number of likely N-dealkylation sites (tertiary alicyclic amines) is 1. The van der Waals surface area contributed by atoms with E-state index in [0.717, 1.165) is 37.9 Å². The minimum absolute atomic E-state index is 0.0482. The van der Waals surface area contributed by atoms with Crippen molar-refractivity contribution in [3.63, 3.8) is 0 Å². The Kier molecular flexibility index (Phi) is 6.21. The van der Waals surface area contributed by atoms with Gasteiger partial charge in [-0.05, 0) is 43.0 Å². The molecule has 2 heterocycles. The predicted molar refractivity (Wildman–Crippen MR) is 117 cm³/mol. The molecule has 0 N–H and O–H groups in total. The topological polar surface area (TPSA) is 70.2 Å². The van der Waals surface area contributed by atoms with Crippen LogP contribution in [0.1, 0.15) is 35.2 Å². The second-order valence-corrected chi connectivity index (χ2v) is 8.04. The number of anilines is 1. The molecule has 0 bridgehead atoms. The van der Waals surface area contributed by atoms with Gasteiger partial charge >= 0.3 is 0 Å². The molecule has 2 aliphatic heterocycles. The van der Waals surface area contributed by atoms with E-state index < -0.39 is 0 Å². The first-order valence-corrected chi connectivity index (χ1v) is 10.7. The Labute approximate surface area is 182 Å². The number of fused-ring (bicyclic) bond motifs is 1. The van der Waals surface area contributed by atoms with Gasteiger partial charge in [-0.3, -0.25) is 19.3 Å². The van der Waals surface area contributed by atoms with Gasteiger partial charge in [0.05, 0.1) is 5.69 Å². The van der Waals surface area contributed by atoms with Crippen molar-refractivity contribution >= 4 is 23.4 Å². The van der Waals surface area contributed by atoms with Crippen LogP contribution in [-0.4, -0.2) is 60.8 Å². The van der Waals surface area contributed by atoms with Crippen LogP contribution < -0.4 is 9.64 Å². The van der Waals surface area contributed by atoms with Crippen LogP contribution >= 0.6 is 0 Å². The lowest BCUT2D eigenvalue weighted by Gasteiger charge is -2.31. The number of benzene rings is 2. The molecule has 2 aromatic rings. The first kappa shape index (κ1) is 20.9. The third-order valence-electron chi connectivity index (χ3n) is 5.77. The van der Waals surface area contributed by atoms with Gasteiger partial charge in [-0.15, -0.1) is 0 Å². The lowest BCUT2D eigenvalue weighted by atomic mass is 10.1. The molecule has 162 valence electrons. The summed E-state index contributed by atoms with van der Waals surface area (Å²) in [5.41, 5.74) is 2.00. The molecule has 31 heavy (non-hydrogen) atoms. The van der Waals surface area contributed by atoms with Crippen LogP contribution in [-0.2, 0) is 16.1 Å². The molecular weight excluding hydrogens is 394 g/mol. The fourth-order valence-corrected chi connectivity index (χ4v) is 3.99. The first-order chi connectivity index (χ1) is 15.0. The Hall–Kier alpha value is -3.35. The summed E-state index contributed by atoms with van der Waals surface area (Å²) in [6.45, 7) is 1.73. The summed E-state index contributed by atoms with van der Waals surface area (Å²) in [5, 5.41) is 0. The highest BCUT2D eigenvalue weighted by Crippen LogP contribution is 2.33. The second kappa shape index (κ2) is 9.20. The van der Waals surface area contributed by atoms with Crippen molar-refractivity contribution in [3.8, 4) is 5.75 Å². The number of hydrogen-bond acceptors (Lipinski definition) is 4. The number of nitrogens with zero attached hydrogens (tertiary/aromatic N) is 3. The SMILES string of the molecule is CN(Cc1ccccc1)C(=O)CN1C(=O)COc2ccc(C(=O)N3CCCCC3)cc21. The van der Waals surface area contributed by atoms with Crippen molar-refractivity contribution in [2.45, 2.75) is 25.8 Å². The number of amides is 3. The van der Waals surface area contributed by atoms with Gasteiger partial charge in [0.1, 0.15) is 12.3 Å². The summed E-state index contributed by atoms with van der Waals surface area (Å²) < 4.78 is 5.54. The van der Waals surface area contributed by atoms with Crippen molar-refractivity contribution < 1.29 is 19.1 Å². The van der Waals surface area contributed by atoms with Crippen molar-refractivity contribution in [3.05, 3.63) is 59.7 Å². The summed E-state index contributed by atoms with van der Waals surface area (Å²) in [6, 6.07) is 14.8. The minimum atomic E-state index is -0.295. The predicted octanol–water partition coefficient (Wildman–Crippen LogP) is 2.70. The number of piperidine rings is 1. The Bertz CT molecular complexity index is 970. The highest BCUT2D eigenvalue weighted by molar-refractivity contribution is 6.04. The van der Waals surface area contributed by atoms with Gasteiger partial charge in [0.25, 0.3) is 11.8 Å². The van der Waals surface area contributed by atoms with Gasteiger partial charge in [0.15, 0.2) is 6.61 Å². The van der Waals surface area contributed by atoms with Crippen molar-refractivity contribution in [1.29, 1.82) is 0 Å². The van der Waals surface area contributed by atoms with E-state index in [2.05, 4.69) is 0 Å². The van der Waals surface area contributed by atoms with E-state index in [4.69, 9.17) is 4.74 Å². The number of carbonyl (C=O) groups excluding carboxylic acids is 3. The Morgan fingerprint density at radius 1 is 1.03 bits per heavy atom. The van der Waals surface area contributed by atoms with Gasteiger partial charge < -0.3 is 14.5 Å². The Balaban J connectivity index is 1.51. The molecular formula is C24H27N3O4. The van der Waals surface area contributed by atoms with Gasteiger partial charge in [0, 0.05) is 32.2 Å². The molecule has 2 aliphatic rings. The number of ether oxygens (including phenoxy) is 1. The van der Waals surface area contributed by atoms with Crippen LogP contribution in [0, 0.1) is 0 Å². The lowest BCUT2D eigenvalue weighted by Crippen LogP contribution is -2.45. The molecule has 0 unspecified atom stereocenters. The Morgan fingerprint density at radius 3 is 2.52 bits per heavy atom. The molecule has 7 heteroatoms. The summed E-state index contributed by atoms with van der Waals surface area (Å²) in [5.74, 6) is -0.0179. The van der Waals surface area contributed by atoms with Crippen LogP contribution in [0.15, 0.2) is 48.5 Å². The number of carbonyl (C=O) groups is 3. The van der Waals surface area contributed by atoms with Gasteiger partial charge in [0.2, 0.25) is 5.91 Å². The van der Waals surface area contributed by atoms with Crippen LogP contribution in [0.5, 0.6) is 5.75 Å². The fourth-order valence-electron chi connectivity index (χ4n) is 3.99. The molecule has 7 nitrogen and oxygen atoms in total.